The Balaban J connectivity index is 1.94. The molecule has 1 aromatic carbocycles. The minimum Gasteiger partial charge on any atom is -0.383 e. The fourth-order valence-electron chi connectivity index (χ4n) is 2.46. The summed E-state index contributed by atoms with van der Waals surface area (Å²) in [6, 6.07) is 10.9. The molecule has 0 saturated heterocycles. The van der Waals surface area contributed by atoms with E-state index >= 15 is 0 Å². The predicted octanol–water partition coefficient (Wildman–Crippen LogP) is 3.25. The number of ether oxygens (including phenoxy) is 1. The summed E-state index contributed by atoms with van der Waals surface area (Å²) >= 11 is 2.01. The average Bonchev–Trinajstić information content (AvgIpc) is 2.38. The summed E-state index contributed by atoms with van der Waals surface area (Å²) in [6.45, 7) is 1.81. The molecule has 100 valence electrons. The van der Waals surface area contributed by atoms with Crippen LogP contribution in [0.3, 0.4) is 0 Å². The van der Waals surface area contributed by atoms with E-state index in [1.54, 1.807) is 7.11 Å². The SMILES string of the molecule is COCC(NCC1(SC)CCC1)c1ccccc1. The van der Waals surface area contributed by atoms with Gasteiger partial charge in [0, 0.05) is 18.4 Å². The van der Waals surface area contributed by atoms with Crippen LogP contribution in [0.2, 0.25) is 0 Å². The Morgan fingerprint density at radius 2 is 2.06 bits per heavy atom. The normalized spacial score (nSPS) is 19.2. The van der Waals surface area contributed by atoms with E-state index in [4.69, 9.17) is 4.74 Å². The standard InChI is InChI=1S/C15H23NOS/c1-17-11-14(13-7-4-3-5-8-13)16-12-15(18-2)9-6-10-15/h3-5,7-8,14,16H,6,9-12H2,1-2H3. The lowest BCUT2D eigenvalue weighted by Crippen LogP contribution is -2.45. The van der Waals surface area contributed by atoms with Crippen molar-refractivity contribution in [1.82, 2.24) is 5.32 Å². The Labute approximate surface area is 114 Å². The third-order valence-corrected chi connectivity index (χ3v) is 5.32. The van der Waals surface area contributed by atoms with Crippen molar-refractivity contribution in [3.63, 3.8) is 0 Å². The van der Waals surface area contributed by atoms with Crippen molar-refractivity contribution in [1.29, 1.82) is 0 Å². The molecule has 1 unspecified atom stereocenters. The van der Waals surface area contributed by atoms with E-state index in [0.717, 1.165) is 13.2 Å². The highest BCUT2D eigenvalue weighted by molar-refractivity contribution is 8.00. The van der Waals surface area contributed by atoms with Crippen LogP contribution in [-0.4, -0.2) is 31.3 Å². The molecule has 0 amide bonds. The van der Waals surface area contributed by atoms with Crippen LogP contribution in [-0.2, 0) is 4.74 Å². The molecule has 1 aliphatic rings. The van der Waals surface area contributed by atoms with Crippen molar-refractivity contribution >= 4 is 11.8 Å². The molecule has 0 heterocycles. The molecule has 1 fully saturated rings. The molecular formula is C15H23NOS. The van der Waals surface area contributed by atoms with Gasteiger partial charge in [-0.25, -0.2) is 0 Å². The number of thioether (sulfide) groups is 1. The Morgan fingerprint density at radius 3 is 2.56 bits per heavy atom. The topological polar surface area (TPSA) is 21.3 Å². The van der Waals surface area contributed by atoms with Crippen LogP contribution in [0, 0.1) is 0 Å². The highest BCUT2D eigenvalue weighted by Gasteiger charge is 2.36. The molecule has 0 radical (unpaired) electrons. The van der Waals surface area contributed by atoms with Gasteiger partial charge in [0.25, 0.3) is 0 Å². The van der Waals surface area contributed by atoms with Crippen LogP contribution in [0.4, 0.5) is 0 Å². The molecule has 0 spiro atoms. The number of hydrogen-bond acceptors (Lipinski definition) is 3. The van der Waals surface area contributed by atoms with E-state index in [0.29, 0.717) is 10.8 Å². The summed E-state index contributed by atoms with van der Waals surface area (Å²) in [5.74, 6) is 0. The number of nitrogens with one attached hydrogen (secondary N) is 1. The third kappa shape index (κ3) is 3.28. The third-order valence-electron chi connectivity index (χ3n) is 3.90. The largest absolute Gasteiger partial charge is 0.383 e. The summed E-state index contributed by atoms with van der Waals surface area (Å²) in [6.07, 6.45) is 6.29. The maximum atomic E-state index is 5.34. The van der Waals surface area contributed by atoms with Crippen LogP contribution in [0.5, 0.6) is 0 Å². The molecule has 3 heteroatoms. The first-order valence-electron chi connectivity index (χ1n) is 6.62. The number of methoxy groups -OCH3 is 1. The highest BCUT2D eigenvalue weighted by atomic mass is 32.2. The van der Waals surface area contributed by atoms with Gasteiger partial charge in [-0.1, -0.05) is 36.8 Å². The van der Waals surface area contributed by atoms with Crippen LogP contribution in [0.1, 0.15) is 30.9 Å². The van der Waals surface area contributed by atoms with Gasteiger partial charge < -0.3 is 10.1 Å². The van der Waals surface area contributed by atoms with Gasteiger partial charge in [0.15, 0.2) is 0 Å². The number of rotatable bonds is 7. The predicted molar refractivity (Wildman–Crippen MR) is 79.2 cm³/mol. The van der Waals surface area contributed by atoms with Gasteiger partial charge in [0.1, 0.15) is 0 Å². The second-order valence-corrected chi connectivity index (χ2v) is 6.31. The molecule has 18 heavy (non-hydrogen) atoms. The molecule has 1 aliphatic carbocycles. The maximum absolute atomic E-state index is 5.34. The van der Waals surface area contributed by atoms with Crippen molar-refractivity contribution in [3.8, 4) is 0 Å². The first kappa shape index (κ1) is 13.9. The van der Waals surface area contributed by atoms with Crippen molar-refractivity contribution in [2.24, 2.45) is 0 Å². The summed E-state index contributed by atoms with van der Waals surface area (Å²) in [5.41, 5.74) is 1.31. The van der Waals surface area contributed by atoms with E-state index < -0.39 is 0 Å². The zero-order valence-electron chi connectivity index (χ0n) is 11.3. The first-order chi connectivity index (χ1) is 8.79. The zero-order valence-corrected chi connectivity index (χ0v) is 12.1. The minimum atomic E-state index is 0.306. The lowest BCUT2D eigenvalue weighted by molar-refractivity contribution is 0.162. The Bertz CT molecular complexity index is 345. The molecular weight excluding hydrogens is 242 g/mol. The monoisotopic (exact) mass is 265 g/mol. The summed E-state index contributed by atoms with van der Waals surface area (Å²) in [5, 5.41) is 3.68. The first-order valence-corrected chi connectivity index (χ1v) is 7.84. The van der Waals surface area contributed by atoms with Crippen LogP contribution in [0.25, 0.3) is 0 Å². The quantitative estimate of drug-likeness (QED) is 0.817. The number of benzene rings is 1. The fraction of sp³-hybridized carbons (Fsp3) is 0.600. The Kier molecular flexibility index (Phi) is 5.10. The smallest absolute Gasteiger partial charge is 0.0657 e. The summed E-state index contributed by atoms with van der Waals surface area (Å²) in [4.78, 5) is 0. The van der Waals surface area contributed by atoms with E-state index in [2.05, 4.69) is 41.9 Å². The number of hydrogen-bond donors (Lipinski definition) is 1. The molecule has 0 aliphatic heterocycles. The Morgan fingerprint density at radius 1 is 1.33 bits per heavy atom. The highest BCUT2D eigenvalue weighted by Crippen LogP contribution is 2.42. The second kappa shape index (κ2) is 6.60. The molecule has 2 nitrogen and oxygen atoms in total. The molecule has 1 N–H and O–H groups in total. The van der Waals surface area contributed by atoms with Crippen molar-refractivity contribution < 1.29 is 4.74 Å². The maximum Gasteiger partial charge on any atom is 0.0657 e. The van der Waals surface area contributed by atoms with Gasteiger partial charge in [0.05, 0.1) is 12.6 Å². The van der Waals surface area contributed by atoms with Gasteiger partial charge in [-0.2, -0.15) is 11.8 Å². The lowest BCUT2D eigenvalue weighted by atomic mass is 9.84. The van der Waals surface area contributed by atoms with Crippen LogP contribution < -0.4 is 5.32 Å². The molecule has 2 rings (SSSR count). The molecule has 0 aromatic heterocycles. The van der Waals surface area contributed by atoms with Crippen LogP contribution >= 0.6 is 11.8 Å². The molecule has 1 aromatic rings. The van der Waals surface area contributed by atoms with Gasteiger partial charge >= 0.3 is 0 Å². The van der Waals surface area contributed by atoms with E-state index in [1.807, 2.05) is 11.8 Å². The van der Waals surface area contributed by atoms with Gasteiger partial charge in [-0.3, -0.25) is 0 Å². The van der Waals surface area contributed by atoms with Gasteiger partial charge in [-0.05, 0) is 24.7 Å². The fourth-order valence-corrected chi connectivity index (χ4v) is 3.38. The van der Waals surface area contributed by atoms with Crippen LogP contribution in [0.15, 0.2) is 30.3 Å². The summed E-state index contributed by atoms with van der Waals surface area (Å²) < 4.78 is 5.81. The Hall–Kier alpha value is -0.510. The molecule has 1 atom stereocenters. The van der Waals surface area contributed by atoms with Crippen molar-refractivity contribution in [2.75, 3.05) is 26.5 Å². The van der Waals surface area contributed by atoms with Crippen molar-refractivity contribution in [3.05, 3.63) is 35.9 Å². The summed E-state index contributed by atoms with van der Waals surface area (Å²) in [7, 11) is 1.77. The lowest BCUT2D eigenvalue weighted by Gasteiger charge is -2.41. The average molecular weight is 265 g/mol. The van der Waals surface area contributed by atoms with E-state index in [-0.39, 0.29) is 0 Å². The van der Waals surface area contributed by atoms with Gasteiger partial charge in [-0.15, -0.1) is 0 Å². The second-order valence-electron chi connectivity index (χ2n) is 5.04. The van der Waals surface area contributed by atoms with Crippen molar-refractivity contribution in [2.45, 2.75) is 30.1 Å². The van der Waals surface area contributed by atoms with Gasteiger partial charge in [0.2, 0.25) is 0 Å². The van der Waals surface area contributed by atoms with E-state index in [9.17, 15) is 0 Å². The molecule has 1 saturated carbocycles. The minimum absolute atomic E-state index is 0.306. The molecule has 0 bridgehead atoms. The zero-order chi connectivity index (χ0) is 12.8. The van der Waals surface area contributed by atoms with E-state index in [1.165, 1.54) is 24.8 Å².